The maximum Gasteiger partial charge on any atom is 0.369 e. The first kappa shape index (κ1) is 18.9. The second kappa shape index (κ2) is 7.54. The van der Waals surface area contributed by atoms with Crippen molar-refractivity contribution < 1.29 is 24.0 Å². The molecule has 9 heteroatoms. The monoisotopic (exact) mass is 428 g/mol. The van der Waals surface area contributed by atoms with E-state index in [2.05, 4.69) is 4.98 Å². The predicted octanol–water partition coefficient (Wildman–Crippen LogP) is 4.55. The van der Waals surface area contributed by atoms with Gasteiger partial charge in [-0.3, -0.25) is 9.59 Å². The van der Waals surface area contributed by atoms with E-state index in [-0.39, 0.29) is 33.3 Å². The molecule has 2 heterocycles. The molecule has 0 saturated carbocycles. The molecule has 0 spiro atoms. The number of halogens is 2. The van der Waals surface area contributed by atoms with E-state index in [1.54, 1.807) is 18.2 Å². The molecule has 0 fully saturated rings. The van der Waals surface area contributed by atoms with Gasteiger partial charge < -0.3 is 9.57 Å². The van der Waals surface area contributed by atoms with Gasteiger partial charge in [-0.15, -0.1) is 0 Å². The van der Waals surface area contributed by atoms with Crippen molar-refractivity contribution in [2.75, 3.05) is 0 Å². The van der Waals surface area contributed by atoms with E-state index in [0.29, 0.717) is 10.1 Å². The average molecular weight is 429 g/mol. The topological polar surface area (TPSA) is 85.8 Å². The summed E-state index contributed by atoms with van der Waals surface area (Å²) in [6.45, 7) is 0. The van der Waals surface area contributed by atoms with Crippen molar-refractivity contribution in [1.29, 1.82) is 0 Å². The van der Waals surface area contributed by atoms with Crippen molar-refractivity contribution in [1.82, 2.24) is 10.0 Å². The number of aromatic nitrogens is 1. The first-order chi connectivity index (χ1) is 14.0. The molecule has 1 aliphatic heterocycles. The standard InChI is InChI=1S/C20H10Cl2N2O5/c21-11-7-8-16(15(22)10-11)28-17-14(6-3-9-23-17)20(27)29-24-18(25)12-4-1-2-5-13(12)19(24)26/h1-10H. The van der Waals surface area contributed by atoms with E-state index in [9.17, 15) is 14.4 Å². The smallest absolute Gasteiger partial charge is 0.369 e. The zero-order chi connectivity index (χ0) is 20.5. The van der Waals surface area contributed by atoms with Gasteiger partial charge in [-0.1, -0.05) is 40.4 Å². The maximum atomic E-state index is 12.7. The molecular formula is C20H10Cl2N2O5. The zero-order valence-corrected chi connectivity index (χ0v) is 16.0. The van der Waals surface area contributed by atoms with E-state index in [1.165, 1.54) is 42.6 Å². The molecule has 0 radical (unpaired) electrons. The first-order valence-electron chi connectivity index (χ1n) is 8.24. The molecule has 0 bridgehead atoms. The summed E-state index contributed by atoms with van der Waals surface area (Å²) in [5, 5.41) is 1.04. The van der Waals surface area contributed by atoms with Crippen molar-refractivity contribution >= 4 is 41.0 Å². The SMILES string of the molecule is O=C(ON1C(=O)c2ccccc2C1=O)c1cccnc1Oc1ccc(Cl)cc1Cl. The van der Waals surface area contributed by atoms with Crippen molar-refractivity contribution in [3.63, 3.8) is 0 Å². The third-order valence-corrected chi connectivity index (χ3v) is 4.55. The van der Waals surface area contributed by atoms with Crippen molar-refractivity contribution in [3.05, 3.63) is 87.5 Å². The van der Waals surface area contributed by atoms with Gasteiger partial charge in [-0.05, 0) is 42.5 Å². The van der Waals surface area contributed by atoms with Crippen LogP contribution in [0.4, 0.5) is 0 Å². The number of benzene rings is 2. The van der Waals surface area contributed by atoms with Crippen LogP contribution in [-0.2, 0) is 4.84 Å². The fraction of sp³-hybridized carbons (Fsp3) is 0. The highest BCUT2D eigenvalue weighted by molar-refractivity contribution is 6.35. The largest absolute Gasteiger partial charge is 0.437 e. The lowest BCUT2D eigenvalue weighted by Crippen LogP contribution is -2.32. The van der Waals surface area contributed by atoms with Gasteiger partial charge in [-0.25, -0.2) is 9.78 Å². The number of imide groups is 1. The minimum absolute atomic E-state index is 0.102. The highest BCUT2D eigenvalue weighted by Gasteiger charge is 2.39. The molecule has 0 saturated heterocycles. The van der Waals surface area contributed by atoms with Gasteiger partial charge in [0.1, 0.15) is 11.3 Å². The van der Waals surface area contributed by atoms with Crippen molar-refractivity contribution in [3.8, 4) is 11.6 Å². The highest BCUT2D eigenvalue weighted by atomic mass is 35.5. The molecular weight excluding hydrogens is 419 g/mol. The van der Waals surface area contributed by atoms with E-state index >= 15 is 0 Å². The van der Waals surface area contributed by atoms with Gasteiger partial charge >= 0.3 is 5.97 Å². The number of hydroxylamine groups is 2. The number of carbonyl (C=O) groups excluding carboxylic acids is 3. The van der Waals surface area contributed by atoms with Crippen LogP contribution in [0.2, 0.25) is 10.0 Å². The van der Waals surface area contributed by atoms with Crippen LogP contribution >= 0.6 is 23.2 Å². The average Bonchev–Trinajstić information content (AvgIpc) is 2.95. The Labute approximate surface area is 174 Å². The summed E-state index contributed by atoms with van der Waals surface area (Å²) in [6, 6.07) is 13.6. The minimum Gasteiger partial charge on any atom is -0.437 e. The number of hydrogen-bond donors (Lipinski definition) is 0. The Hall–Kier alpha value is -3.42. The molecule has 4 rings (SSSR count). The van der Waals surface area contributed by atoms with Crippen LogP contribution in [-0.4, -0.2) is 27.8 Å². The van der Waals surface area contributed by atoms with Crippen molar-refractivity contribution in [2.24, 2.45) is 0 Å². The summed E-state index contributed by atoms with van der Waals surface area (Å²) < 4.78 is 5.61. The molecule has 1 aromatic heterocycles. The molecule has 0 atom stereocenters. The molecule has 1 aliphatic rings. The molecule has 2 amide bonds. The minimum atomic E-state index is -0.993. The summed E-state index contributed by atoms with van der Waals surface area (Å²) in [4.78, 5) is 46.5. The number of ether oxygens (including phenoxy) is 1. The molecule has 144 valence electrons. The van der Waals surface area contributed by atoms with Gasteiger partial charge in [-0.2, -0.15) is 0 Å². The van der Waals surface area contributed by atoms with E-state index in [4.69, 9.17) is 32.8 Å². The number of hydrogen-bond acceptors (Lipinski definition) is 6. The maximum absolute atomic E-state index is 12.7. The number of rotatable bonds is 4. The van der Waals surface area contributed by atoms with Crippen LogP contribution in [0, 0.1) is 0 Å². The first-order valence-corrected chi connectivity index (χ1v) is 8.99. The lowest BCUT2D eigenvalue weighted by Gasteiger charge is -2.14. The Morgan fingerprint density at radius 3 is 2.28 bits per heavy atom. The Balaban J connectivity index is 1.59. The number of pyridine rings is 1. The molecule has 0 aliphatic carbocycles. The van der Waals surface area contributed by atoms with Crippen LogP contribution in [0.15, 0.2) is 60.8 Å². The van der Waals surface area contributed by atoms with Crippen LogP contribution in [0.3, 0.4) is 0 Å². The van der Waals surface area contributed by atoms with Crippen LogP contribution in [0.1, 0.15) is 31.1 Å². The third-order valence-electron chi connectivity index (χ3n) is 4.02. The quantitative estimate of drug-likeness (QED) is 0.566. The van der Waals surface area contributed by atoms with Gasteiger partial charge in [0, 0.05) is 11.2 Å². The van der Waals surface area contributed by atoms with Crippen molar-refractivity contribution in [2.45, 2.75) is 0 Å². The number of carbonyl (C=O) groups is 3. The second-order valence-electron chi connectivity index (χ2n) is 5.86. The molecule has 0 unspecified atom stereocenters. The zero-order valence-electron chi connectivity index (χ0n) is 14.5. The molecule has 2 aromatic carbocycles. The summed E-state index contributed by atoms with van der Waals surface area (Å²) in [5.41, 5.74) is 0.205. The highest BCUT2D eigenvalue weighted by Crippen LogP contribution is 2.32. The number of fused-ring (bicyclic) bond motifs is 1. The Morgan fingerprint density at radius 1 is 0.931 bits per heavy atom. The molecule has 7 nitrogen and oxygen atoms in total. The Bertz CT molecular complexity index is 1130. The normalized spacial score (nSPS) is 12.7. The van der Waals surface area contributed by atoms with E-state index in [0.717, 1.165) is 0 Å². The summed E-state index contributed by atoms with van der Waals surface area (Å²) in [6.07, 6.45) is 1.40. The van der Waals surface area contributed by atoms with Gasteiger partial charge in [0.15, 0.2) is 0 Å². The summed E-state index contributed by atoms with van der Waals surface area (Å²) in [5.74, 6) is -2.35. The number of nitrogens with zero attached hydrogens (tertiary/aromatic N) is 2. The molecule has 3 aromatic rings. The van der Waals surface area contributed by atoms with Crippen LogP contribution in [0.25, 0.3) is 0 Å². The Morgan fingerprint density at radius 2 is 1.62 bits per heavy atom. The number of amides is 2. The van der Waals surface area contributed by atoms with Gasteiger partial charge in [0.25, 0.3) is 11.8 Å². The van der Waals surface area contributed by atoms with Crippen LogP contribution < -0.4 is 4.74 Å². The van der Waals surface area contributed by atoms with Gasteiger partial charge in [0.05, 0.1) is 16.1 Å². The lowest BCUT2D eigenvalue weighted by molar-refractivity contribution is -0.0586. The predicted molar refractivity (Wildman–Crippen MR) is 103 cm³/mol. The molecule has 29 heavy (non-hydrogen) atoms. The van der Waals surface area contributed by atoms with E-state index in [1.807, 2.05) is 0 Å². The second-order valence-corrected chi connectivity index (χ2v) is 6.71. The summed E-state index contributed by atoms with van der Waals surface area (Å²) >= 11 is 12.0. The van der Waals surface area contributed by atoms with Crippen LogP contribution in [0.5, 0.6) is 11.6 Å². The fourth-order valence-electron chi connectivity index (χ4n) is 2.67. The third kappa shape index (κ3) is 3.53. The summed E-state index contributed by atoms with van der Waals surface area (Å²) in [7, 11) is 0. The fourth-order valence-corrected chi connectivity index (χ4v) is 3.12. The van der Waals surface area contributed by atoms with Gasteiger partial charge in [0.2, 0.25) is 5.88 Å². The van der Waals surface area contributed by atoms with E-state index < -0.39 is 17.8 Å². The molecule has 0 N–H and O–H groups in total. The lowest BCUT2D eigenvalue weighted by atomic mass is 10.1. The Kier molecular flexibility index (Phi) is 4.92.